The van der Waals surface area contributed by atoms with Gasteiger partial charge in [0.2, 0.25) is 0 Å². The average molecular weight is 222 g/mol. The molecule has 0 aromatic carbocycles. The first-order valence-electron chi connectivity index (χ1n) is 6.10. The van der Waals surface area contributed by atoms with Gasteiger partial charge in [-0.05, 0) is 18.8 Å². The summed E-state index contributed by atoms with van der Waals surface area (Å²) in [5, 5.41) is 0. The first-order valence-corrected chi connectivity index (χ1v) is 6.10. The quantitative estimate of drug-likeness (QED) is 0.591. The molecule has 0 heterocycles. The Morgan fingerprint density at radius 3 is 2.47 bits per heavy atom. The monoisotopic (exact) mass is 222 g/mol. The standard InChI is InChI=1S/C12H21F3/c1-2-3-4-6-10-7-5-8-11(9-10)12(13,14)15/h10-11H,2-9H2,1H3. The van der Waals surface area contributed by atoms with Gasteiger partial charge in [-0.2, -0.15) is 13.2 Å². The molecule has 0 saturated heterocycles. The van der Waals surface area contributed by atoms with Crippen LogP contribution in [-0.2, 0) is 0 Å². The van der Waals surface area contributed by atoms with Crippen molar-refractivity contribution in [1.29, 1.82) is 0 Å². The minimum Gasteiger partial charge on any atom is -0.171 e. The van der Waals surface area contributed by atoms with Gasteiger partial charge in [0.1, 0.15) is 0 Å². The molecular weight excluding hydrogens is 201 g/mol. The molecule has 3 heteroatoms. The third-order valence-corrected chi connectivity index (χ3v) is 3.46. The normalized spacial score (nSPS) is 28.0. The van der Waals surface area contributed by atoms with E-state index in [2.05, 4.69) is 6.92 Å². The molecule has 1 aliphatic carbocycles. The molecule has 1 fully saturated rings. The lowest BCUT2D eigenvalue weighted by Gasteiger charge is -2.30. The molecule has 2 atom stereocenters. The summed E-state index contributed by atoms with van der Waals surface area (Å²) in [6.45, 7) is 2.12. The van der Waals surface area contributed by atoms with Gasteiger partial charge >= 0.3 is 6.18 Å². The molecule has 1 saturated carbocycles. The molecule has 0 aliphatic heterocycles. The number of rotatable bonds is 4. The zero-order valence-electron chi connectivity index (χ0n) is 9.45. The molecule has 0 nitrogen and oxygen atoms in total. The zero-order valence-corrected chi connectivity index (χ0v) is 9.45. The fourth-order valence-electron chi connectivity index (χ4n) is 2.53. The topological polar surface area (TPSA) is 0 Å². The highest BCUT2D eigenvalue weighted by Crippen LogP contribution is 2.41. The van der Waals surface area contributed by atoms with Crippen LogP contribution in [0.1, 0.15) is 58.3 Å². The molecule has 2 unspecified atom stereocenters. The first-order chi connectivity index (χ1) is 7.04. The molecule has 0 aromatic heterocycles. The summed E-state index contributed by atoms with van der Waals surface area (Å²) in [6, 6.07) is 0. The summed E-state index contributed by atoms with van der Waals surface area (Å²) in [6.07, 6.45) is 2.97. The summed E-state index contributed by atoms with van der Waals surface area (Å²) in [7, 11) is 0. The molecule has 0 bridgehead atoms. The first kappa shape index (κ1) is 12.9. The van der Waals surface area contributed by atoms with E-state index in [-0.39, 0.29) is 0 Å². The Kier molecular flexibility index (Phi) is 4.94. The van der Waals surface area contributed by atoms with Gasteiger partial charge in [-0.1, -0.05) is 45.4 Å². The number of halogens is 3. The van der Waals surface area contributed by atoms with Crippen molar-refractivity contribution in [3.63, 3.8) is 0 Å². The molecule has 1 rings (SSSR count). The second kappa shape index (κ2) is 5.76. The van der Waals surface area contributed by atoms with Crippen LogP contribution in [0.2, 0.25) is 0 Å². The fraction of sp³-hybridized carbons (Fsp3) is 1.00. The van der Waals surface area contributed by atoms with Gasteiger partial charge in [0.15, 0.2) is 0 Å². The molecule has 90 valence electrons. The van der Waals surface area contributed by atoms with E-state index in [1.807, 2.05) is 0 Å². The van der Waals surface area contributed by atoms with Gasteiger partial charge < -0.3 is 0 Å². The van der Waals surface area contributed by atoms with Crippen LogP contribution in [0, 0.1) is 11.8 Å². The maximum Gasteiger partial charge on any atom is 0.391 e. The van der Waals surface area contributed by atoms with E-state index in [1.54, 1.807) is 0 Å². The van der Waals surface area contributed by atoms with Crippen LogP contribution < -0.4 is 0 Å². The SMILES string of the molecule is CCCCCC1CCCC(C(F)(F)F)C1. The van der Waals surface area contributed by atoms with Crippen molar-refractivity contribution >= 4 is 0 Å². The number of hydrogen-bond donors (Lipinski definition) is 0. The van der Waals surface area contributed by atoms with Crippen molar-refractivity contribution in [3.05, 3.63) is 0 Å². The van der Waals surface area contributed by atoms with Crippen LogP contribution in [0.3, 0.4) is 0 Å². The minimum atomic E-state index is -3.95. The highest BCUT2D eigenvalue weighted by atomic mass is 19.4. The molecule has 0 spiro atoms. The maximum atomic E-state index is 12.5. The summed E-state index contributed by atoms with van der Waals surface area (Å²) in [4.78, 5) is 0. The van der Waals surface area contributed by atoms with Gasteiger partial charge in [0.25, 0.3) is 0 Å². The Hall–Kier alpha value is -0.210. The van der Waals surface area contributed by atoms with E-state index in [0.29, 0.717) is 18.8 Å². The summed E-state index contributed by atoms with van der Waals surface area (Å²) < 4.78 is 37.5. The van der Waals surface area contributed by atoms with E-state index in [9.17, 15) is 13.2 Å². The average Bonchev–Trinajstić information content (AvgIpc) is 2.17. The molecule has 0 radical (unpaired) electrons. The Bertz CT molecular complexity index is 174. The number of hydrogen-bond acceptors (Lipinski definition) is 0. The lowest BCUT2D eigenvalue weighted by atomic mass is 9.79. The van der Waals surface area contributed by atoms with Gasteiger partial charge in [0.05, 0.1) is 5.92 Å². The zero-order chi connectivity index (χ0) is 11.3. The van der Waals surface area contributed by atoms with Gasteiger partial charge in [0, 0.05) is 0 Å². The van der Waals surface area contributed by atoms with Gasteiger partial charge in [-0.25, -0.2) is 0 Å². The molecule has 1 aliphatic rings. The molecule has 0 N–H and O–H groups in total. The van der Waals surface area contributed by atoms with Crippen LogP contribution in [0.5, 0.6) is 0 Å². The molecule has 15 heavy (non-hydrogen) atoms. The Balaban J connectivity index is 2.29. The predicted molar refractivity (Wildman–Crippen MR) is 55.6 cm³/mol. The fourth-order valence-corrected chi connectivity index (χ4v) is 2.53. The number of unbranched alkanes of at least 4 members (excludes halogenated alkanes) is 2. The third kappa shape index (κ3) is 4.43. The van der Waals surface area contributed by atoms with Crippen molar-refractivity contribution in [2.75, 3.05) is 0 Å². The molecular formula is C12H21F3. The number of alkyl halides is 3. The Morgan fingerprint density at radius 1 is 1.13 bits per heavy atom. The van der Waals surface area contributed by atoms with Crippen molar-refractivity contribution in [2.24, 2.45) is 11.8 Å². The lowest BCUT2D eigenvalue weighted by molar-refractivity contribution is -0.185. The summed E-state index contributed by atoms with van der Waals surface area (Å²) >= 11 is 0. The minimum absolute atomic E-state index is 0.330. The Labute approximate surface area is 90.2 Å². The van der Waals surface area contributed by atoms with Gasteiger partial charge in [-0.3, -0.25) is 0 Å². The van der Waals surface area contributed by atoms with Crippen LogP contribution in [0.15, 0.2) is 0 Å². The largest absolute Gasteiger partial charge is 0.391 e. The smallest absolute Gasteiger partial charge is 0.171 e. The summed E-state index contributed by atoms with van der Waals surface area (Å²) in [5.74, 6) is -0.685. The van der Waals surface area contributed by atoms with E-state index in [1.165, 1.54) is 0 Å². The van der Waals surface area contributed by atoms with E-state index >= 15 is 0 Å². The van der Waals surface area contributed by atoms with Crippen molar-refractivity contribution < 1.29 is 13.2 Å². The second-order valence-corrected chi connectivity index (χ2v) is 4.77. The molecule has 0 amide bonds. The van der Waals surface area contributed by atoms with Crippen LogP contribution in [-0.4, -0.2) is 6.18 Å². The molecule has 0 aromatic rings. The highest BCUT2D eigenvalue weighted by molar-refractivity contribution is 4.77. The predicted octanol–water partition coefficient (Wildman–Crippen LogP) is 4.94. The van der Waals surface area contributed by atoms with Crippen molar-refractivity contribution in [1.82, 2.24) is 0 Å². The van der Waals surface area contributed by atoms with Crippen molar-refractivity contribution in [3.8, 4) is 0 Å². The van der Waals surface area contributed by atoms with Crippen LogP contribution >= 0.6 is 0 Å². The van der Waals surface area contributed by atoms with E-state index in [0.717, 1.165) is 38.5 Å². The van der Waals surface area contributed by atoms with Gasteiger partial charge in [-0.15, -0.1) is 0 Å². The Morgan fingerprint density at radius 2 is 1.87 bits per heavy atom. The summed E-state index contributed by atoms with van der Waals surface area (Å²) in [5.41, 5.74) is 0. The van der Waals surface area contributed by atoms with Crippen LogP contribution in [0.4, 0.5) is 13.2 Å². The third-order valence-electron chi connectivity index (χ3n) is 3.46. The van der Waals surface area contributed by atoms with E-state index in [4.69, 9.17) is 0 Å². The maximum absolute atomic E-state index is 12.5. The second-order valence-electron chi connectivity index (χ2n) is 4.77. The lowest BCUT2D eigenvalue weighted by Crippen LogP contribution is -2.28. The highest BCUT2D eigenvalue weighted by Gasteiger charge is 2.41. The van der Waals surface area contributed by atoms with E-state index < -0.39 is 12.1 Å². The van der Waals surface area contributed by atoms with Crippen LogP contribution in [0.25, 0.3) is 0 Å². The van der Waals surface area contributed by atoms with Crippen molar-refractivity contribution in [2.45, 2.75) is 64.5 Å².